The zero-order valence-electron chi connectivity index (χ0n) is 16.3. The molecule has 5 aromatic rings. The van der Waals surface area contributed by atoms with Crippen LogP contribution in [0.15, 0.2) is 109 Å². The van der Waals surface area contributed by atoms with Gasteiger partial charge in [0.05, 0.1) is 10.2 Å². The van der Waals surface area contributed by atoms with Crippen molar-refractivity contribution in [1.82, 2.24) is 4.98 Å². The first-order valence-corrected chi connectivity index (χ1v) is 10.7. The molecule has 0 fully saturated rings. The topological polar surface area (TPSA) is 16.1 Å². The SMILES string of the molecule is C(=Cc1nc2ccccc2s1)c1ccc(N(c2ccccc2)c2ccccc2)cc1. The number of hydrogen-bond donors (Lipinski definition) is 0. The summed E-state index contributed by atoms with van der Waals surface area (Å²) in [6, 6.07) is 37.8. The van der Waals surface area contributed by atoms with E-state index in [0.29, 0.717) is 0 Å². The van der Waals surface area contributed by atoms with Crippen LogP contribution in [0.5, 0.6) is 0 Å². The third kappa shape index (κ3) is 3.88. The van der Waals surface area contributed by atoms with Gasteiger partial charge in [-0.3, -0.25) is 0 Å². The highest BCUT2D eigenvalue weighted by Crippen LogP contribution is 2.34. The van der Waals surface area contributed by atoms with Gasteiger partial charge in [0.15, 0.2) is 0 Å². The lowest BCUT2D eigenvalue weighted by Crippen LogP contribution is -2.09. The van der Waals surface area contributed by atoms with E-state index < -0.39 is 0 Å². The molecule has 0 unspecified atom stereocenters. The number of thiazole rings is 1. The van der Waals surface area contributed by atoms with Crippen LogP contribution in [0, 0.1) is 0 Å². The molecule has 0 aliphatic carbocycles. The van der Waals surface area contributed by atoms with Gasteiger partial charge >= 0.3 is 0 Å². The Morgan fingerprint density at radius 2 is 1.13 bits per heavy atom. The molecule has 3 heteroatoms. The van der Waals surface area contributed by atoms with E-state index in [2.05, 4.69) is 113 Å². The summed E-state index contributed by atoms with van der Waals surface area (Å²) in [5.41, 5.74) is 5.62. The average molecular weight is 405 g/mol. The summed E-state index contributed by atoms with van der Waals surface area (Å²) in [5.74, 6) is 0. The number of rotatable bonds is 5. The molecule has 5 rings (SSSR count). The van der Waals surface area contributed by atoms with Gasteiger partial charge in [0.1, 0.15) is 5.01 Å². The molecule has 4 aromatic carbocycles. The van der Waals surface area contributed by atoms with Crippen LogP contribution in [0.3, 0.4) is 0 Å². The zero-order valence-corrected chi connectivity index (χ0v) is 17.2. The van der Waals surface area contributed by atoms with Gasteiger partial charge in [-0.2, -0.15) is 0 Å². The van der Waals surface area contributed by atoms with Crippen molar-refractivity contribution in [2.45, 2.75) is 0 Å². The van der Waals surface area contributed by atoms with Crippen molar-refractivity contribution in [3.63, 3.8) is 0 Å². The van der Waals surface area contributed by atoms with Gasteiger partial charge in [-0.1, -0.05) is 66.7 Å². The summed E-state index contributed by atoms with van der Waals surface area (Å²) in [5, 5.41) is 1.02. The van der Waals surface area contributed by atoms with Gasteiger partial charge in [0, 0.05) is 17.1 Å². The Labute approximate surface area is 180 Å². The minimum atomic E-state index is 1.02. The first kappa shape index (κ1) is 18.3. The van der Waals surface area contributed by atoms with Crippen LogP contribution in [0.4, 0.5) is 17.1 Å². The maximum Gasteiger partial charge on any atom is 0.117 e. The van der Waals surface area contributed by atoms with Gasteiger partial charge in [-0.05, 0) is 60.2 Å². The molecule has 30 heavy (non-hydrogen) atoms. The molecule has 0 radical (unpaired) electrons. The number of anilines is 3. The molecule has 0 N–H and O–H groups in total. The summed E-state index contributed by atoms with van der Waals surface area (Å²) in [4.78, 5) is 6.94. The van der Waals surface area contributed by atoms with E-state index in [1.807, 2.05) is 18.2 Å². The summed E-state index contributed by atoms with van der Waals surface area (Å²) < 4.78 is 1.22. The fourth-order valence-corrected chi connectivity index (χ4v) is 4.33. The van der Waals surface area contributed by atoms with Crippen LogP contribution in [-0.2, 0) is 0 Å². The quantitative estimate of drug-likeness (QED) is 0.295. The summed E-state index contributed by atoms with van der Waals surface area (Å²) in [7, 11) is 0. The largest absolute Gasteiger partial charge is 0.311 e. The van der Waals surface area contributed by atoms with E-state index in [0.717, 1.165) is 33.1 Å². The molecular formula is C27H20N2S. The van der Waals surface area contributed by atoms with Gasteiger partial charge in [-0.15, -0.1) is 11.3 Å². The second kappa shape index (κ2) is 8.36. The molecule has 0 saturated heterocycles. The van der Waals surface area contributed by atoms with E-state index >= 15 is 0 Å². The summed E-state index contributed by atoms with van der Waals surface area (Å²) in [6.45, 7) is 0. The molecule has 2 nitrogen and oxygen atoms in total. The van der Waals surface area contributed by atoms with E-state index in [-0.39, 0.29) is 0 Å². The number of para-hydroxylation sites is 3. The Bertz CT molecular complexity index is 1200. The molecule has 0 aliphatic heterocycles. The number of fused-ring (bicyclic) bond motifs is 1. The third-order valence-electron chi connectivity index (χ3n) is 4.91. The van der Waals surface area contributed by atoms with Crippen molar-refractivity contribution in [2.24, 2.45) is 0 Å². The summed E-state index contributed by atoms with van der Waals surface area (Å²) in [6.07, 6.45) is 4.21. The molecular weight excluding hydrogens is 384 g/mol. The monoisotopic (exact) mass is 404 g/mol. The predicted molar refractivity (Wildman–Crippen MR) is 130 cm³/mol. The molecule has 144 valence electrons. The van der Waals surface area contributed by atoms with Crippen molar-refractivity contribution in [1.29, 1.82) is 0 Å². The van der Waals surface area contributed by atoms with E-state index in [1.165, 1.54) is 4.70 Å². The maximum atomic E-state index is 4.68. The number of nitrogens with zero attached hydrogens (tertiary/aromatic N) is 2. The van der Waals surface area contributed by atoms with Crippen LogP contribution in [0.25, 0.3) is 22.4 Å². The number of benzene rings is 4. The molecule has 0 spiro atoms. The van der Waals surface area contributed by atoms with Gasteiger partial charge in [-0.25, -0.2) is 4.98 Å². The van der Waals surface area contributed by atoms with Crippen molar-refractivity contribution in [3.05, 3.63) is 120 Å². The third-order valence-corrected chi connectivity index (χ3v) is 5.91. The van der Waals surface area contributed by atoms with Crippen LogP contribution in [0.2, 0.25) is 0 Å². The van der Waals surface area contributed by atoms with Crippen molar-refractivity contribution in [2.75, 3.05) is 4.90 Å². The van der Waals surface area contributed by atoms with E-state index in [9.17, 15) is 0 Å². The van der Waals surface area contributed by atoms with Crippen molar-refractivity contribution in [3.8, 4) is 0 Å². The second-order valence-electron chi connectivity index (χ2n) is 6.95. The average Bonchev–Trinajstić information content (AvgIpc) is 3.23. The lowest BCUT2D eigenvalue weighted by atomic mass is 10.1. The Balaban J connectivity index is 1.43. The maximum absolute atomic E-state index is 4.68. The number of hydrogen-bond acceptors (Lipinski definition) is 3. The molecule has 0 aliphatic rings. The highest BCUT2D eigenvalue weighted by molar-refractivity contribution is 7.19. The first-order valence-electron chi connectivity index (χ1n) is 9.91. The highest BCUT2D eigenvalue weighted by Gasteiger charge is 2.11. The Morgan fingerprint density at radius 1 is 0.567 bits per heavy atom. The molecule has 0 saturated carbocycles. The highest BCUT2D eigenvalue weighted by atomic mass is 32.1. The Kier molecular flexibility index (Phi) is 5.11. The van der Waals surface area contributed by atoms with Gasteiger partial charge < -0.3 is 4.90 Å². The molecule has 0 bridgehead atoms. The predicted octanol–water partition coefficient (Wildman–Crippen LogP) is 7.94. The van der Waals surface area contributed by atoms with Crippen LogP contribution >= 0.6 is 11.3 Å². The normalized spacial score (nSPS) is 11.2. The Morgan fingerprint density at radius 3 is 1.77 bits per heavy atom. The standard InChI is InChI=1S/C27H20N2S/c1-3-9-22(10-4-1)29(23-11-5-2-6-12-23)24-18-15-21(16-19-24)17-20-27-28-25-13-7-8-14-26(25)30-27/h1-20H. The van der Waals surface area contributed by atoms with Crippen LogP contribution in [0.1, 0.15) is 10.6 Å². The lowest BCUT2D eigenvalue weighted by molar-refractivity contribution is 1.28. The van der Waals surface area contributed by atoms with Crippen LogP contribution < -0.4 is 4.90 Å². The lowest BCUT2D eigenvalue weighted by Gasteiger charge is -2.25. The van der Waals surface area contributed by atoms with Crippen molar-refractivity contribution < 1.29 is 0 Å². The molecule has 1 aromatic heterocycles. The van der Waals surface area contributed by atoms with Gasteiger partial charge in [0.25, 0.3) is 0 Å². The molecule has 0 atom stereocenters. The van der Waals surface area contributed by atoms with Crippen LogP contribution in [-0.4, -0.2) is 4.98 Å². The summed E-state index contributed by atoms with van der Waals surface area (Å²) >= 11 is 1.71. The molecule has 0 amide bonds. The smallest absolute Gasteiger partial charge is 0.117 e. The van der Waals surface area contributed by atoms with E-state index in [4.69, 9.17) is 0 Å². The van der Waals surface area contributed by atoms with Crippen molar-refractivity contribution >= 4 is 50.8 Å². The molecule has 1 heterocycles. The second-order valence-corrected chi connectivity index (χ2v) is 8.01. The number of aromatic nitrogens is 1. The minimum Gasteiger partial charge on any atom is -0.311 e. The van der Waals surface area contributed by atoms with Gasteiger partial charge in [0.2, 0.25) is 0 Å². The first-order chi connectivity index (χ1) is 14.9. The fraction of sp³-hybridized carbons (Fsp3) is 0. The Hall–Kier alpha value is -3.69. The zero-order chi connectivity index (χ0) is 20.2. The minimum absolute atomic E-state index is 1.02. The van der Waals surface area contributed by atoms with E-state index in [1.54, 1.807) is 11.3 Å². The fourth-order valence-electron chi connectivity index (χ4n) is 3.46.